The van der Waals surface area contributed by atoms with Crippen molar-refractivity contribution < 1.29 is 24.2 Å². The highest BCUT2D eigenvalue weighted by Gasteiger charge is 2.46. The number of aliphatic hydroxyl groups excluding tert-OH is 1. The van der Waals surface area contributed by atoms with Gasteiger partial charge in [-0.05, 0) is 67.3 Å². The summed E-state index contributed by atoms with van der Waals surface area (Å²) in [6.07, 6.45) is 0.543. The van der Waals surface area contributed by atoms with E-state index in [0.29, 0.717) is 29.8 Å². The topological polar surface area (TPSA) is 76.1 Å². The number of carbonyl (C=O) groups excluding carboxylic acids is 2. The summed E-state index contributed by atoms with van der Waals surface area (Å²) >= 11 is 0. The monoisotopic (exact) mass is 471 g/mol. The Balaban J connectivity index is 1.79. The van der Waals surface area contributed by atoms with Gasteiger partial charge in [0.1, 0.15) is 17.3 Å². The van der Waals surface area contributed by atoms with Gasteiger partial charge in [0.15, 0.2) is 0 Å². The molecule has 1 amide bonds. The molecule has 0 aliphatic carbocycles. The highest BCUT2D eigenvalue weighted by Crippen LogP contribution is 2.40. The Labute approximate surface area is 205 Å². The minimum atomic E-state index is -0.733. The fourth-order valence-electron chi connectivity index (χ4n) is 4.45. The van der Waals surface area contributed by atoms with Crippen molar-refractivity contribution in [2.24, 2.45) is 0 Å². The first-order valence-corrected chi connectivity index (χ1v) is 11.5. The lowest BCUT2D eigenvalue weighted by atomic mass is 9.93. The van der Waals surface area contributed by atoms with Gasteiger partial charge in [-0.25, -0.2) is 0 Å². The van der Waals surface area contributed by atoms with Crippen LogP contribution in [0.15, 0.2) is 72.3 Å². The number of ketones is 1. The van der Waals surface area contributed by atoms with Crippen LogP contribution in [0.2, 0.25) is 0 Å². The fraction of sp³-hybridized carbons (Fsp3) is 0.241. The van der Waals surface area contributed by atoms with Crippen LogP contribution in [-0.4, -0.2) is 42.5 Å². The molecule has 1 atom stereocenters. The van der Waals surface area contributed by atoms with Crippen LogP contribution in [0.1, 0.15) is 33.9 Å². The van der Waals surface area contributed by atoms with E-state index in [1.807, 2.05) is 68.4 Å². The number of aryl methyl sites for hydroxylation is 2. The molecular weight excluding hydrogens is 442 g/mol. The van der Waals surface area contributed by atoms with Gasteiger partial charge in [-0.2, -0.15) is 0 Å². The molecule has 0 spiro atoms. The molecular formula is C29H29NO5. The normalized spacial score (nSPS) is 17.0. The zero-order valence-electron chi connectivity index (χ0n) is 20.4. The van der Waals surface area contributed by atoms with Crippen LogP contribution in [0.25, 0.3) is 5.76 Å². The van der Waals surface area contributed by atoms with Crippen molar-refractivity contribution in [3.8, 4) is 11.5 Å². The predicted octanol–water partition coefficient (Wildman–Crippen LogP) is 4.99. The van der Waals surface area contributed by atoms with Gasteiger partial charge < -0.3 is 19.5 Å². The largest absolute Gasteiger partial charge is 0.507 e. The average Bonchev–Trinajstić information content (AvgIpc) is 3.13. The number of hydrogen-bond donors (Lipinski definition) is 1. The zero-order valence-corrected chi connectivity index (χ0v) is 20.4. The van der Waals surface area contributed by atoms with Gasteiger partial charge in [0, 0.05) is 12.1 Å². The molecule has 1 N–H and O–H groups in total. The van der Waals surface area contributed by atoms with Crippen LogP contribution in [0.4, 0.5) is 0 Å². The smallest absolute Gasteiger partial charge is 0.295 e. The second kappa shape index (κ2) is 10.1. The Bertz CT molecular complexity index is 1290. The van der Waals surface area contributed by atoms with E-state index >= 15 is 0 Å². The third-order valence-electron chi connectivity index (χ3n) is 6.40. The number of methoxy groups -OCH3 is 2. The van der Waals surface area contributed by atoms with Crippen molar-refractivity contribution in [2.75, 3.05) is 20.8 Å². The van der Waals surface area contributed by atoms with E-state index in [1.165, 1.54) is 4.90 Å². The van der Waals surface area contributed by atoms with Gasteiger partial charge in [0.2, 0.25) is 0 Å². The Morgan fingerprint density at radius 1 is 0.914 bits per heavy atom. The fourth-order valence-corrected chi connectivity index (χ4v) is 4.45. The standard InChI is InChI=1S/C29H29NO5/c1-18-8-9-19(2)24(16-18)27(31)25-26(21-6-5-7-23(17-21)35-4)30(29(33)28(25)32)15-14-20-10-12-22(34-3)13-11-20/h5-13,16-17,26,31H,14-15H2,1-4H3/b27-25+. The molecule has 3 aromatic carbocycles. The van der Waals surface area contributed by atoms with Crippen molar-refractivity contribution in [2.45, 2.75) is 26.3 Å². The van der Waals surface area contributed by atoms with Gasteiger partial charge in [-0.3, -0.25) is 9.59 Å². The summed E-state index contributed by atoms with van der Waals surface area (Å²) in [6.45, 7) is 4.10. The van der Waals surface area contributed by atoms with Crippen LogP contribution in [0, 0.1) is 13.8 Å². The molecule has 35 heavy (non-hydrogen) atoms. The number of Topliss-reactive ketones (excluding diaryl/α,β-unsaturated/α-hetero) is 1. The second-order valence-electron chi connectivity index (χ2n) is 8.69. The Hall–Kier alpha value is -4.06. The number of rotatable bonds is 7. The van der Waals surface area contributed by atoms with E-state index in [0.717, 1.165) is 22.4 Å². The molecule has 180 valence electrons. The number of benzene rings is 3. The second-order valence-corrected chi connectivity index (χ2v) is 8.69. The quantitative estimate of drug-likeness (QED) is 0.299. The van der Waals surface area contributed by atoms with Crippen molar-refractivity contribution in [3.05, 3.63) is 100 Å². The van der Waals surface area contributed by atoms with Crippen LogP contribution >= 0.6 is 0 Å². The zero-order chi connectivity index (χ0) is 25.1. The number of aliphatic hydroxyl groups is 1. The van der Waals surface area contributed by atoms with Crippen LogP contribution < -0.4 is 9.47 Å². The summed E-state index contributed by atoms with van der Waals surface area (Å²) in [5, 5.41) is 11.4. The van der Waals surface area contributed by atoms with E-state index in [2.05, 4.69) is 0 Å². The minimum Gasteiger partial charge on any atom is -0.507 e. The number of hydrogen-bond acceptors (Lipinski definition) is 5. The van der Waals surface area contributed by atoms with Gasteiger partial charge in [-0.1, -0.05) is 42.0 Å². The lowest BCUT2D eigenvalue weighted by Crippen LogP contribution is -2.31. The molecule has 4 rings (SSSR count). The summed E-state index contributed by atoms with van der Waals surface area (Å²) in [5.74, 6) is -0.123. The molecule has 1 saturated heterocycles. The Morgan fingerprint density at radius 3 is 2.31 bits per heavy atom. The number of carbonyl (C=O) groups is 2. The molecule has 6 nitrogen and oxygen atoms in total. The molecule has 1 fully saturated rings. The molecule has 3 aromatic rings. The van der Waals surface area contributed by atoms with Gasteiger partial charge in [0.05, 0.1) is 25.8 Å². The number of ether oxygens (including phenoxy) is 2. The highest BCUT2D eigenvalue weighted by molar-refractivity contribution is 6.46. The molecule has 0 radical (unpaired) electrons. The van der Waals surface area contributed by atoms with Crippen LogP contribution in [0.3, 0.4) is 0 Å². The first-order valence-electron chi connectivity index (χ1n) is 11.5. The van der Waals surface area contributed by atoms with Gasteiger partial charge >= 0.3 is 0 Å². The van der Waals surface area contributed by atoms with Gasteiger partial charge in [-0.15, -0.1) is 0 Å². The highest BCUT2D eigenvalue weighted by atomic mass is 16.5. The van der Waals surface area contributed by atoms with Crippen LogP contribution in [0.5, 0.6) is 11.5 Å². The van der Waals surface area contributed by atoms with E-state index in [-0.39, 0.29) is 11.3 Å². The molecule has 1 aliphatic heterocycles. The first-order chi connectivity index (χ1) is 16.8. The average molecular weight is 472 g/mol. The third kappa shape index (κ3) is 4.78. The molecule has 0 aromatic heterocycles. The van der Waals surface area contributed by atoms with E-state index in [1.54, 1.807) is 26.4 Å². The summed E-state index contributed by atoms with van der Waals surface area (Å²) in [6, 6.07) is 19.8. The number of nitrogens with zero attached hydrogens (tertiary/aromatic N) is 1. The first kappa shape index (κ1) is 24.1. The van der Waals surface area contributed by atoms with E-state index in [4.69, 9.17) is 9.47 Å². The van der Waals surface area contributed by atoms with E-state index < -0.39 is 17.7 Å². The third-order valence-corrected chi connectivity index (χ3v) is 6.40. The number of likely N-dealkylation sites (tertiary alicyclic amines) is 1. The molecule has 1 aliphatic rings. The summed E-state index contributed by atoms with van der Waals surface area (Å²) < 4.78 is 10.6. The predicted molar refractivity (Wildman–Crippen MR) is 135 cm³/mol. The minimum absolute atomic E-state index is 0.0895. The SMILES string of the molecule is COc1ccc(CCN2C(=O)C(=O)/C(=C(/O)c3cc(C)ccc3C)C2c2cccc(OC)c2)cc1. The van der Waals surface area contributed by atoms with Gasteiger partial charge in [0.25, 0.3) is 11.7 Å². The molecule has 6 heteroatoms. The number of amides is 1. The summed E-state index contributed by atoms with van der Waals surface area (Å²) in [5.41, 5.74) is 4.11. The lowest BCUT2D eigenvalue weighted by molar-refractivity contribution is -0.139. The summed E-state index contributed by atoms with van der Waals surface area (Å²) in [7, 11) is 3.17. The molecule has 0 bridgehead atoms. The maximum atomic E-state index is 13.3. The Morgan fingerprint density at radius 2 is 1.63 bits per heavy atom. The Kier molecular flexibility index (Phi) is 6.92. The summed E-state index contributed by atoms with van der Waals surface area (Å²) in [4.78, 5) is 28.1. The molecule has 0 saturated carbocycles. The molecule has 1 unspecified atom stereocenters. The van der Waals surface area contributed by atoms with Crippen LogP contribution in [-0.2, 0) is 16.0 Å². The van der Waals surface area contributed by atoms with E-state index in [9.17, 15) is 14.7 Å². The maximum Gasteiger partial charge on any atom is 0.295 e. The van der Waals surface area contributed by atoms with Crippen molar-refractivity contribution in [1.29, 1.82) is 0 Å². The van der Waals surface area contributed by atoms with Crippen molar-refractivity contribution in [3.63, 3.8) is 0 Å². The molecule has 1 heterocycles. The van der Waals surface area contributed by atoms with Crippen molar-refractivity contribution in [1.82, 2.24) is 4.90 Å². The van der Waals surface area contributed by atoms with Crippen molar-refractivity contribution >= 4 is 17.4 Å². The lowest BCUT2D eigenvalue weighted by Gasteiger charge is -2.26. The maximum absolute atomic E-state index is 13.3.